The minimum atomic E-state index is -0.368. The molecule has 1 aromatic carbocycles. The first kappa shape index (κ1) is 14.7. The molecule has 0 unspecified atom stereocenters. The smallest absolute Gasteiger partial charge is 0.270 e. The SMILES string of the molecule is CN(C)CCOc1ccccc1N1C(=O)c2c(c3ccc2o3)C1=O. The molecule has 0 atom stereocenters. The number of anilines is 1. The van der Waals surface area contributed by atoms with Crippen LogP contribution >= 0.6 is 0 Å². The van der Waals surface area contributed by atoms with Crippen LogP contribution in [0.3, 0.4) is 0 Å². The van der Waals surface area contributed by atoms with Gasteiger partial charge < -0.3 is 14.1 Å². The van der Waals surface area contributed by atoms with Crippen LogP contribution in [0.5, 0.6) is 5.75 Å². The number of hydrogen-bond acceptors (Lipinski definition) is 5. The molecule has 4 rings (SSSR count). The number of ether oxygens (including phenoxy) is 1. The van der Waals surface area contributed by atoms with Crippen molar-refractivity contribution in [2.45, 2.75) is 0 Å². The summed E-state index contributed by atoms with van der Waals surface area (Å²) < 4.78 is 11.2. The van der Waals surface area contributed by atoms with Crippen LogP contribution in [0, 0.1) is 0 Å². The summed E-state index contributed by atoms with van der Waals surface area (Å²) in [6.07, 6.45) is 0. The Kier molecular flexibility index (Phi) is 3.28. The Balaban J connectivity index is 1.69. The molecular formula is C18H16N2O4. The first-order valence-corrected chi connectivity index (χ1v) is 7.68. The van der Waals surface area contributed by atoms with Gasteiger partial charge in [-0.05, 0) is 38.4 Å². The zero-order valence-electron chi connectivity index (χ0n) is 13.4. The molecule has 6 heteroatoms. The fourth-order valence-electron chi connectivity index (χ4n) is 2.91. The zero-order valence-corrected chi connectivity index (χ0v) is 13.4. The summed E-state index contributed by atoms with van der Waals surface area (Å²) >= 11 is 0. The van der Waals surface area contributed by atoms with Gasteiger partial charge in [0, 0.05) is 6.54 Å². The highest BCUT2D eigenvalue weighted by atomic mass is 16.5. The number of carbonyl (C=O) groups excluding carboxylic acids is 2. The summed E-state index contributed by atoms with van der Waals surface area (Å²) in [6, 6.07) is 10.5. The topological polar surface area (TPSA) is 63.0 Å². The summed E-state index contributed by atoms with van der Waals surface area (Å²) in [5, 5.41) is 0. The normalized spacial score (nSPS) is 14.2. The number of likely N-dealkylation sites (N-methyl/N-ethyl adjacent to an activating group) is 1. The number of fused-ring (bicyclic) bond motifs is 5. The molecule has 2 aromatic heterocycles. The van der Waals surface area contributed by atoms with Crippen LogP contribution in [-0.4, -0.2) is 44.0 Å². The summed E-state index contributed by atoms with van der Waals surface area (Å²) in [5.74, 6) is -0.223. The van der Waals surface area contributed by atoms with Crippen LogP contribution in [0.2, 0.25) is 0 Å². The average Bonchev–Trinajstić information content (AvgIpc) is 3.22. The van der Waals surface area contributed by atoms with Gasteiger partial charge in [0.25, 0.3) is 11.8 Å². The van der Waals surface area contributed by atoms with Crippen molar-refractivity contribution in [3.05, 3.63) is 47.5 Å². The minimum Gasteiger partial charge on any atom is -0.490 e. The molecule has 3 heterocycles. The fraction of sp³-hybridized carbons (Fsp3) is 0.222. The van der Waals surface area contributed by atoms with Crippen molar-refractivity contribution in [1.82, 2.24) is 4.90 Å². The molecule has 2 bridgehead atoms. The van der Waals surface area contributed by atoms with Crippen LogP contribution < -0.4 is 9.64 Å². The Labute approximate surface area is 138 Å². The molecule has 0 fully saturated rings. The molecule has 122 valence electrons. The van der Waals surface area contributed by atoms with Crippen molar-refractivity contribution >= 4 is 28.7 Å². The van der Waals surface area contributed by atoms with E-state index in [9.17, 15) is 9.59 Å². The summed E-state index contributed by atoms with van der Waals surface area (Å²) in [4.78, 5) is 28.7. The van der Waals surface area contributed by atoms with Crippen molar-refractivity contribution in [3.8, 4) is 5.75 Å². The predicted octanol–water partition coefficient (Wildman–Crippen LogP) is 2.61. The van der Waals surface area contributed by atoms with Gasteiger partial charge in [0.1, 0.15) is 23.5 Å². The standard InChI is InChI=1S/C18H16N2O4/c1-19(2)9-10-23-12-6-4-3-5-11(12)20-17(21)15-13-7-8-14(24-13)16(15)18(20)22/h3-8H,9-10H2,1-2H3. The maximum absolute atomic E-state index is 12.8. The number of carbonyl (C=O) groups is 2. The first-order valence-electron chi connectivity index (χ1n) is 7.68. The number of benzene rings is 2. The van der Waals surface area contributed by atoms with Gasteiger partial charge in [-0.15, -0.1) is 0 Å². The maximum Gasteiger partial charge on any atom is 0.270 e. The molecule has 24 heavy (non-hydrogen) atoms. The average molecular weight is 324 g/mol. The third kappa shape index (κ3) is 2.07. The van der Waals surface area contributed by atoms with E-state index in [1.165, 1.54) is 4.90 Å². The van der Waals surface area contributed by atoms with Gasteiger partial charge in [0.2, 0.25) is 0 Å². The first-order chi connectivity index (χ1) is 11.6. The van der Waals surface area contributed by atoms with Crippen LogP contribution in [0.15, 0.2) is 40.8 Å². The number of amides is 2. The molecule has 0 spiro atoms. The van der Waals surface area contributed by atoms with Crippen molar-refractivity contribution in [1.29, 1.82) is 0 Å². The molecule has 3 aromatic rings. The molecule has 0 radical (unpaired) electrons. The van der Waals surface area contributed by atoms with Gasteiger partial charge in [-0.2, -0.15) is 0 Å². The van der Waals surface area contributed by atoms with Crippen molar-refractivity contribution < 1.29 is 18.7 Å². The quantitative estimate of drug-likeness (QED) is 0.675. The molecule has 1 aliphatic rings. The number of furan rings is 2. The summed E-state index contributed by atoms with van der Waals surface area (Å²) in [5.41, 5.74) is 2.06. The maximum atomic E-state index is 12.8. The van der Waals surface area contributed by atoms with Crippen LogP contribution in [0.1, 0.15) is 20.7 Å². The van der Waals surface area contributed by atoms with E-state index in [2.05, 4.69) is 0 Å². The number of nitrogens with zero attached hydrogens (tertiary/aromatic N) is 2. The van der Waals surface area contributed by atoms with Gasteiger partial charge in [0.15, 0.2) is 0 Å². The largest absolute Gasteiger partial charge is 0.490 e. The van der Waals surface area contributed by atoms with E-state index in [1.54, 1.807) is 30.3 Å². The Bertz CT molecular complexity index is 883. The Morgan fingerprint density at radius 3 is 2.25 bits per heavy atom. The molecular weight excluding hydrogens is 308 g/mol. The third-order valence-electron chi connectivity index (χ3n) is 4.08. The lowest BCUT2D eigenvalue weighted by Gasteiger charge is -2.19. The van der Waals surface area contributed by atoms with Crippen molar-refractivity contribution in [3.63, 3.8) is 0 Å². The van der Waals surface area contributed by atoms with E-state index in [0.717, 1.165) is 6.54 Å². The molecule has 0 N–H and O–H groups in total. The van der Waals surface area contributed by atoms with Crippen LogP contribution in [0.25, 0.3) is 11.2 Å². The molecule has 1 aliphatic heterocycles. The fourth-order valence-corrected chi connectivity index (χ4v) is 2.91. The van der Waals surface area contributed by atoms with Gasteiger partial charge in [-0.3, -0.25) is 9.59 Å². The number of imide groups is 1. The van der Waals surface area contributed by atoms with Gasteiger partial charge in [0.05, 0.1) is 16.8 Å². The van der Waals surface area contributed by atoms with E-state index < -0.39 is 0 Å². The predicted molar refractivity (Wildman–Crippen MR) is 89.0 cm³/mol. The lowest BCUT2D eigenvalue weighted by Crippen LogP contribution is -2.30. The molecule has 0 saturated carbocycles. The van der Waals surface area contributed by atoms with Crippen molar-refractivity contribution in [2.75, 3.05) is 32.1 Å². The highest BCUT2D eigenvalue weighted by molar-refractivity contribution is 6.39. The zero-order chi connectivity index (χ0) is 16.8. The lowest BCUT2D eigenvalue weighted by atomic mass is 10.1. The van der Waals surface area contributed by atoms with Crippen LogP contribution in [0.4, 0.5) is 5.69 Å². The molecule has 2 amide bonds. The van der Waals surface area contributed by atoms with Crippen LogP contribution in [-0.2, 0) is 0 Å². The Morgan fingerprint density at radius 2 is 1.62 bits per heavy atom. The number of hydrogen-bond donors (Lipinski definition) is 0. The minimum absolute atomic E-state index is 0.348. The second-order valence-electron chi connectivity index (χ2n) is 5.98. The van der Waals surface area contributed by atoms with E-state index in [0.29, 0.717) is 40.3 Å². The highest BCUT2D eigenvalue weighted by Crippen LogP contribution is 2.40. The van der Waals surface area contributed by atoms with Gasteiger partial charge in [-0.1, -0.05) is 12.1 Å². The second kappa shape index (κ2) is 5.35. The summed E-state index contributed by atoms with van der Waals surface area (Å²) in [6.45, 7) is 1.20. The van der Waals surface area contributed by atoms with E-state index in [-0.39, 0.29) is 11.8 Å². The van der Waals surface area contributed by atoms with Crippen molar-refractivity contribution in [2.24, 2.45) is 0 Å². The lowest BCUT2D eigenvalue weighted by molar-refractivity contribution is 0.0924. The second-order valence-corrected chi connectivity index (χ2v) is 5.98. The van der Waals surface area contributed by atoms with Gasteiger partial charge >= 0.3 is 0 Å². The number of rotatable bonds is 5. The molecule has 0 aliphatic carbocycles. The van der Waals surface area contributed by atoms with E-state index in [1.807, 2.05) is 25.1 Å². The summed E-state index contributed by atoms with van der Waals surface area (Å²) in [7, 11) is 3.91. The molecule has 0 saturated heterocycles. The third-order valence-corrected chi connectivity index (χ3v) is 4.08. The van der Waals surface area contributed by atoms with Gasteiger partial charge in [-0.25, -0.2) is 4.90 Å². The highest BCUT2D eigenvalue weighted by Gasteiger charge is 2.43. The van der Waals surface area contributed by atoms with E-state index in [4.69, 9.17) is 9.15 Å². The monoisotopic (exact) mass is 324 g/mol. The van der Waals surface area contributed by atoms with E-state index >= 15 is 0 Å². The molecule has 6 nitrogen and oxygen atoms in total. The number of para-hydroxylation sites is 2. The Morgan fingerprint density at radius 1 is 1.00 bits per heavy atom. The Hall–Kier alpha value is -2.86.